The molecule has 0 aliphatic heterocycles. The molecule has 3 saturated carbocycles. The summed E-state index contributed by atoms with van der Waals surface area (Å²) in [6.07, 6.45) is 8.39. The van der Waals surface area contributed by atoms with Gasteiger partial charge in [0.05, 0.1) is 12.5 Å². The highest BCUT2D eigenvalue weighted by Crippen LogP contribution is 2.66. The Kier molecular flexibility index (Phi) is 4.47. The zero-order valence-electron chi connectivity index (χ0n) is 16.6. The van der Waals surface area contributed by atoms with E-state index in [2.05, 4.69) is 6.92 Å². The highest BCUT2D eigenvalue weighted by atomic mass is 16.5. The fraction of sp³-hybridized carbons (Fsp3) is 0.773. The van der Waals surface area contributed by atoms with Crippen molar-refractivity contribution in [2.75, 3.05) is 7.11 Å². The van der Waals surface area contributed by atoms with Crippen LogP contribution >= 0.6 is 0 Å². The van der Waals surface area contributed by atoms with E-state index in [4.69, 9.17) is 9.47 Å². The Morgan fingerprint density at radius 1 is 1.07 bits per heavy atom. The minimum absolute atomic E-state index is 0.00412. The van der Waals surface area contributed by atoms with Gasteiger partial charge in [-0.25, -0.2) is 0 Å². The van der Waals surface area contributed by atoms with E-state index in [1.54, 1.807) is 6.08 Å². The summed E-state index contributed by atoms with van der Waals surface area (Å²) in [6.45, 7) is 3.76. The Labute approximate surface area is 160 Å². The van der Waals surface area contributed by atoms with Crippen molar-refractivity contribution in [3.63, 3.8) is 0 Å². The highest BCUT2D eigenvalue weighted by molar-refractivity contribution is 5.95. The van der Waals surface area contributed by atoms with Crippen molar-refractivity contribution in [3.8, 4) is 0 Å². The summed E-state index contributed by atoms with van der Waals surface area (Å²) in [4.78, 5) is 36.6. The minimum atomic E-state index is -0.619. The van der Waals surface area contributed by atoms with Gasteiger partial charge in [0.15, 0.2) is 5.78 Å². The highest BCUT2D eigenvalue weighted by Gasteiger charge is 2.63. The molecule has 0 aromatic rings. The number of carbonyl (C=O) groups excluding carboxylic acids is 3. The first-order chi connectivity index (χ1) is 12.8. The van der Waals surface area contributed by atoms with Gasteiger partial charge in [0, 0.05) is 18.8 Å². The summed E-state index contributed by atoms with van der Waals surface area (Å²) in [5, 5.41) is 0. The van der Waals surface area contributed by atoms with Crippen LogP contribution in [0.1, 0.15) is 65.2 Å². The first-order valence-electron chi connectivity index (χ1n) is 10.3. The first-order valence-corrected chi connectivity index (χ1v) is 10.3. The molecule has 0 radical (unpaired) electrons. The Hall–Kier alpha value is -1.65. The van der Waals surface area contributed by atoms with Crippen LogP contribution in [0.5, 0.6) is 0 Å². The first kappa shape index (κ1) is 18.7. The van der Waals surface area contributed by atoms with Gasteiger partial charge in [-0.15, -0.1) is 0 Å². The van der Waals surface area contributed by atoms with Crippen molar-refractivity contribution in [3.05, 3.63) is 11.6 Å². The fourth-order valence-corrected chi connectivity index (χ4v) is 7.13. The topological polar surface area (TPSA) is 69.7 Å². The van der Waals surface area contributed by atoms with E-state index in [0.29, 0.717) is 24.7 Å². The van der Waals surface area contributed by atoms with E-state index in [-0.39, 0.29) is 35.2 Å². The molecule has 0 aromatic carbocycles. The smallest absolute Gasteiger partial charge is 0.316 e. The van der Waals surface area contributed by atoms with E-state index >= 15 is 0 Å². The van der Waals surface area contributed by atoms with E-state index in [1.165, 1.54) is 14.0 Å². The van der Waals surface area contributed by atoms with E-state index in [0.717, 1.165) is 44.1 Å². The molecule has 3 fully saturated rings. The number of fused-ring (bicyclic) bond motifs is 5. The quantitative estimate of drug-likeness (QED) is 0.691. The van der Waals surface area contributed by atoms with Crippen LogP contribution < -0.4 is 0 Å². The molecule has 0 N–H and O–H groups in total. The number of methoxy groups -OCH3 is 1. The molecule has 0 heterocycles. The molecular formula is C22H30O5. The molecule has 0 spiro atoms. The Bertz CT molecular complexity index is 709. The molecule has 6 atom stereocenters. The van der Waals surface area contributed by atoms with Gasteiger partial charge in [0.2, 0.25) is 0 Å². The van der Waals surface area contributed by atoms with Crippen molar-refractivity contribution in [2.45, 2.75) is 71.3 Å². The lowest BCUT2D eigenvalue weighted by molar-refractivity contribution is -0.167. The maximum absolute atomic E-state index is 13.0. The number of ketones is 1. The van der Waals surface area contributed by atoms with Gasteiger partial charge in [-0.1, -0.05) is 6.92 Å². The molecule has 0 saturated heterocycles. The minimum Gasteiger partial charge on any atom is -0.468 e. The van der Waals surface area contributed by atoms with Gasteiger partial charge >= 0.3 is 11.9 Å². The number of hydrogen-bond donors (Lipinski definition) is 0. The van der Waals surface area contributed by atoms with Gasteiger partial charge in [-0.3, -0.25) is 14.4 Å². The van der Waals surface area contributed by atoms with Crippen LogP contribution in [0, 0.1) is 28.6 Å². The van der Waals surface area contributed by atoms with Crippen molar-refractivity contribution in [1.29, 1.82) is 0 Å². The molecule has 4 rings (SSSR count). The average Bonchev–Trinajstić information content (AvgIpc) is 2.96. The molecular weight excluding hydrogens is 344 g/mol. The summed E-state index contributed by atoms with van der Waals surface area (Å²) < 4.78 is 11.0. The molecule has 0 aromatic heterocycles. The second-order valence-corrected chi connectivity index (χ2v) is 9.23. The third-order valence-electron chi connectivity index (χ3n) is 8.26. The van der Waals surface area contributed by atoms with Crippen molar-refractivity contribution >= 4 is 17.7 Å². The average molecular weight is 374 g/mol. The Balaban J connectivity index is 1.70. The van der Waals surface area contributed by atoms with Crippen LogP contribution in [0.15, 0.2) is 11.6 Å². The third-order valence-corrected chi connectivity index (χ3v) is 8.26. The molecule has 5 heteroatoms. The predicted octanol–water partition coefficient (Wildman–Crippen LogP) is 3.60. The lowest BCUT2D eigenvalue weighted by Gasteiger charge is -2.57. The van der Waals surface area contributed by atoms with Crippen LogP contribution in [0.2, 0.25) is 0 Å². The zero-order valence-corrected chi connectivity index (χ0v) is 16.6. The maximum Gasteiger partial charge on any atom is 0.316 e. The number of ether oxygens (including phenoxy) is 2. The Morgan fingerprint density at radius 2 is 1.85 bits per heavy atom. The lowest BCUT2D eigenvalue weighted by Crippen LogP contribution is -2.55. The molecule has 4 aliphatic carbocycles. The Morgan fingerprint density at radius 3 is 2.56 bits per heavy atom. The molecule has 0 bridgehead atoms. The largest absolute Gasteiger partial charge is 0.468 e. The van der Waals surface area contributed by atoms with Crippen LogP contribution in [0.3, 0.4) is 0 Å². The van der Waals surface area contributed by atoms with Gasteiger partial charge in [-0.05, 0) is 74.3 Å². The number of esters is 2. The normalized spacial score (nSPS) is 43.1. The van der Waals surface area contributed by atoms with Crippen LogP contribution in [0.4, 0.5) is 0 Å². The van der Waals surface area contributed by atoms with Crippen LogP contribution in [-0.2, 0) is 23.9 Å². The van der Waals surface area contributed by atoms with Gasteiger partial charge in [0.1, 0.15) is 6.10 Å². The summed E-state index contributed by atoms with van der Waals surface area (Å²) in [6, 6.07) is 0. The fourth-order valence-electron chi connectivity index (χ4n) is 7.13. The van der Waals surface area contributed by atoms with Gasteiger partial charge in [0.25, 0.3) is 0 Å². The molecule has 148 valence electrons. The SMILES string of the molecule is COC(=O)[C@]12CCC(=O)C=C1CC[C@H]1[C@@H]2CC[C@]2(C)[C@@H](OC(C)=O)CC[C@@H]12. The summed E-state index contributed by atoms with van der Waals surface area (Å²) in [5.41, 5.74) is 0.382. The molecule has 4 aliphatic rings. The number of rotatable bonds is 2. The van der Waals surface area contributed by atoms with Crippen molar-refractivity contribution in [1.82, 2.24) is 0 Å². The van der Waals surface area contributed by atoms with Crippen LogP contribution in [-0.4, -0.2) is 30.9 Å². The van der Waals surface area contributed by atoms with E-state index < -0.39 is 5.41 Å². The second-order valence-electron chi connectivity index (χ2n) is 9.23. The summed E-state index contributed by atoms with van der Waals surface area (Å²) >= 11 is 0. The third kappa shape index (κ3) is 2.60. The number of carbonyl (C=O) groups is 3. The molecule has 5 nitrogen and oxygen atoms in total. The lowest BCUT2D eigenvalue weighted by atomic mass is 9.47. The van der Waals surface area contributed by atoms with Crippen molar-refractivity contribution < 1.29 is 23.9 Å². The monoisotopic (exact) mass is 374 g/mol. The van der Waals surface area contributed by atoms with Crippen LogP contribution in [0.25, 0.3) is 0 Å². The molecule has 27 heavy (non-hydrogen) atoms. The van der Waals surface area contributed by atoms with E-state index in [9.17, 15) is 14.4 Å². The molecule has 0 unspecified atom stereocenters. The van der Waals surface area contributed by atoms with E-state index in [1.807, 2.05) is 0 Å². The summed E-state index contributed by atoms with van der Waals surface area (Å²) in [5.74, 6) is 0.894. The van der Waals surface area contributed by atoms with Crippen molar-refractivity contribution in [2.24, 2.45) is 28.6 Å². The number of hydrogen-bond acceptors (Lipinski definition) is 5. The second kappa shape index (κ2) is 6.46. The summed E-state index contributed by atoms with van der Waals surface area (Å²) in [7, 11) is 1.47. The maximum atomic E-state index is 13.0. The predicted molar refractivity (Wildman–Crippen MR) is 98.6 cm³/mol. The van der Waals surface area contributed by atoms with Gasteiger partial charge < -0.3 is 9.47 Å². The van der Waals surface area contributed by atoms with Gasteiger partial charge in [-0.2, -0.15) is 0 Å². The standard InChI is InChI=1S/C22H30O5/c1-13(23)27-19-7-6-17-16-5-4-14-12-15(24)8-11-22(14,20(25)26-3)18(16)9-10-21(17,19)2/h12,16-19H,4-11H2,1-3H3/t16-,17+,18+,19+,21+,22-/m1/s1. The zero-order chi connectivity index (χ0) is 19.4. The molecule has 0 amide bonds.